The van der Waals surface area contributed by atoms with Gasteiger partial charge in [-0.3, -0.25) is 0 Å². The molecule has 0 bridgehead atoms. The minimum absolute atomic E-state index is 0.647. The third-order valence-electron chi connectivity index (χ3n) is 2.43. The van der Waals surface area contributed by atoms with Crippen LogP contribution in [0.4, 0.5) is 0 Å². The van der Waals surface area contributed by atoms with Gasteiger partial charge in [0.25, 0.3) is 0 Å². The third-order valence-corrected chi connectivity index (χ3v) is 3.13. The van der Waals surface area contributed by atoms with Gasteiger partial charge in [-0.1, -0.05) is 6.42 Å². The molecule has 0 atom stereocenters. The highest BCUT2D eigenvalue weighted by molar-refractivity contribution is 7.98. The van der Waals surface area contributed by atoms with Crippen molar-refractivity contribution >= 4 is 11.8 Å². The predicted octanol–water partition coefficient (Wildman–Crippen LogP) is 1.79. The molecule has 4 nitrogen and oxygen atoms in total. The lowest BCUT2D eigenvalue weighted by atomic mass is 10.2. The molecule has 0 aliphatic carbocycles. The quantitative estimate of drug-likeness (QED) is 0.463. The van der Waals surface area contributed by atoms with Crippen LogP contribution < -0.4 is 5.32 Å². The zero-order valence-electron chi connectivity index (χ0n) is 11.9. The molecule has 0 fully saturated rings. The van der Waals surface area contributed by atoms with Crippen LogP contribution in [0.25, 0.3) is 0 Å². The second-order valence-corrected chi connectivity index (χ2v) is 5.01. The highest BCUT2D eigenvalue weighted by Gasteiger charge is 1.92. The molecule has 0 aliphatic rings. The van der Waals surface area contributed by atoms with E-state index in [0.717, 1.165) is 19.7 Å². The number of rotatable bonds is 15. The first-order valence-electron chi connectivity index (χ1n) is 6.76. The Kier molecular flexibility index (Phi) is 17.4. The summed E-state index contributed by atoms with van der Waals surface area (Å²) in [6.07, 6.45) is 6.08. The number of hydrogen-bond donors (Lipinski definition) is 1. The van der Waals surface area contributed by atoms with Gasteiger partial charge in [0, 0.05) is 13.7 Å². The fourth-order valence-corrected chi connectivity index (χ4v) is 1.90. The lowest BCUT2D eigenvalue weighted by molar-refractivity contribution is 0.0256. The minimum Gasteiger partial charge on any atom is -0.382 e. The maximum absolute atomic E-state index is 5.43. The van der Waals surface area contributed by atoms with Crippen LogP contribution in [-0.4, -0.2) is 65.2 Å². The highest BCUT2D eigenvalue weighted by Crippen LogP contribution is 2.00. The van der Waals surface area contributed by atoms with Crippen molar-refractivity contribution in [2.45, 2.75) is 19.3 Å². The Morgan fingerprint density at radius 2 is 1.56 bits per heavy atom. The summed E-state index contributed by atoms with van der Waals surface area (Å²) in [6, 6.07) is 0. The molecule has 1 N–H and O–H groups in total. The largest absolute Gasteiger partial charge is 0.382 e. The fourth-order valence-electron chi connectivity index (χ4n) is 1.41. The van der Waals surface area contributed by atoms with Gasteiger partial charge in [-0.2, -0.15) is 11.8 Å². The van der Waals surface area contributed by atoms with Crippen molar-refractivity contribution in [3.05, 3.63) is 0 Å². The minimum atomic E-state index is 0.647. The Labute approximate surface area is 116 Å². The molecule has 0 aromatic rings. The van der Waals surface area contributed by atoms with Crippen LogP contribution in [0.5, 0.6) is 0 Å². The molecule has 0 radical (unpaired) electrons. The first kappa shape index (κ1) is 18.2. The summed E-state index contributed by atoms with van der Waals surface area (Å²) in [5.41, 5.74) is 0. The fraction of sp³-hybridized carbons (Fsp3) is 1.00. The molecule has 5 heteroatoms. The van der Waals surface area contributed by atoms with Crippen LogP contribution in [0.1, 0.15) is 19.3 Å². The molecular formula is C13H29NO3S. The van der Waals surface area contributed by atoms with Gasteiger partial charge in [-0.25, -0.2) is 0 Å². The summed E-state index contributed by atoms with van der Waals surface area (Å²) in [6.45, 7) is 5.41. The Morgan fingerprint density at radius 1 is 0.833 bits per heavy atom. The van der Waals surface area contributed by atoms with Gasteiger partial charge >= 0.3 is 0 Å². The van der Waals surface area contributed by atoms with E-state index in [0.29, 0.717) is 26.4 Å². The number of methoxy groups -OCH3 is 1. The Bertz CT molecular complexity index is 134. The smallest absolute Gasteiger partial charge is 0.0701 e. The summed E-state index contributed by atoms with van der Waals surface area (Å²) in [5.74, 6) is 1.28. The Balaban J connectivity index is 2.86. The molecule has 0 aromatic carbocycles. The van der Waals surface area contributed by atoms with E-state index in [1.54, 1.807) is 7.11 Å². The molecular weight excluding hydrogens is 250 g/mol. The van der Waals surface area contributed by atoms with Gasteiger partial charge in [0.2, 0.25) is 0 Å². The van der Waals surface area contributed by atoms with Crippen LogP contribution >= 0.6 is 11.8 Å². The second kappa shape index (κ2) is 17.2. The molecule has 0 saturated heterocycles. The van der Waals surface area contributed by atoms with Crippen molar-refractivity contribution in [2.24, 2.45) is 0 Å². The van der Waals surface area contributed by atoms with Crippen LogP contribution in [-0.2, 0) is 14.2 Å². The number of thioether (sulfide) groups is 1. The zero-order valence-corrected chi connectivity index (χ0v) is 12.7. The average Bonchev–Trinajstić information content (AvgIpc) is 2.39. The first-order chi connectivity index (χ1) is 8.91. The van der Waals surface area contributed by atoms with Crippen LogP contribution in [0.15, 0.2) is 0 Å². The summed E-state index contributed by atoms with van der Waals surface area (Å²) in [7, 11) is 1.67. The van der Waals surface area contributed by atoms with Gasteiger partial charge in [-0.05, 0) is 31.4 Å². The molecule has 0 saturated carbocycles. The number of ether oxygens (including phenoxy) is 3. The van der Waals surface area contributed by atoms with E-state index >= 15 is 0 Å². The second-order valence-electron chi connectivity index (χ2n) is 4.02. The lowest BCUT2D eigenvalue weighted by Crippen LogP contribution is -2.21. The zero-order chi connectivity index (χ0) is 13.3. The molecule has 0 rings (SSSR count). The van der Waals surface area contributed by atoms with E-state index in [9.17, 15) is 0 Å². The molecule has 0 unspecified atom stereocenters. The van der Waals surface area contributed by atoms with E-state index in [1.165, 1.54) is 25.0 Å². The molecule has 18 heavy (non-hydrogen) atoms. The van der Waals surface area contributed by atoms with Crippen LogP contribution in [0.3, 0.4) is 0 Å². The topological polar surface area (TPSA) is 39.7 Å². The van der Waals surface area contributed by atoms with E-state index in [-0.39, 0.29) is 0 Å². The molecule has 110 valence electrons. The van der Waals surface area contributed by atoms with Gasteiger partial charge in [0.15, 0.2) is 0 Å². The van der Waals surface area contributed by atoms with Crippen molar-refractivity contribution in [2.75, 3.05) is 65.2 Å². The van der Waals surface area contributed by atoms with Gasteiger partial charge in [0.1, 0.15) is 0 Å². The van der Waals surface area contributed by atoms with E-state index in [4.69, 9.17) is 14.2 Å². The van der Waals surface area contributed by atoms with Gasteiger partial charge in [0.05, 0.1) is 33.0 Å². The van der Waals surface area contributed by atoms with Crippen molar-refractivity contribution in [1.29, 1.82) is 0 Å². The van der Waals surface area contributed by atoms with Crippen molar-refractivity contribution in [1.82, 2.24) is 5.32 Å². The predicted molar refractivity (Wildman–Crippen MR) is 78.6 cm³/mol. The van der Waals surface area contributed by atoms with E-state index in [2.05, 4.69) is 11.6 Å². The number of hydrogen-bond acceptors (Lipinski definition) is 5. The van der Waals surface area contributed by atoms with E-state index in [1.807, 2.05) is 11.8 Å². The molecule has 0 spiro atoms. The maximum Gasteiger partial charge on any atom is 0.0701 e. The summed E-state index contributed by atoms with van der Waals surface area (Å²) >= 11 is 1.93. The average molecular weight is 279 g/mol. The highest BCUT2D eigenvalue weighted by atomic mass is 32.2. The lowest BCUT2D eigenvalue weighted by Gasteiger charge is -2.06. The Morgan fingerprint density at radius 3 is 2.28 bits per heavy atom. The molecule has 0 aromatic heterocycles. The Hall–Kier alpha value is 0.190. The normalized spacial score (nSPS) is 11.0. The molecule has 0 aliphatic heterocycles. The van der Waals surface area contributed by atoms with Gasteiger partial charge in [-0.15, -0.1) is 0 Å². The number of unbranched alkanes of at least 4 members (excludes halogenated alkanes) is 2. The van der Waals surface area contributed by atoms with Crippen LogP contribution in [0, 0.1) is 0 Å². The molecule has 0 amide bonds. The summed E-state index contributed by atoms with van der Waals surface area (Å²) < 4.78 is 15.6. The molecule has 0 heterocycles. The van der Waals surface area contributed by atoms with Crippen LogP contribution in [0.2, 0.25) is 0 Å². The SMILES string of the molecule is COCCOCCOCCNCCCCCSC. The van der Waals surface area contributed by atoms with Gasteiger partial charge < -0.3 is 19.5 Å². The first-order valence-corrected chi connectivity index (χ1v) is 8.15. The van der Waals surface area contributed by atoms with Crippen molar-refractivity contribution < 1.29 is 14.2 Å². The summed E-state index contributed by atoms with van der Waals surface area (Å²) in [5, 5.41) is 3.38. The summed E-state index contributed by atoms with van der Waals surface area (Å²) in [4.78, 5) is 0. The third kappa shape index (κ3) is 16.2. The number of nitrogens with one attached hydrogen (secondary N) is 1. The standard InChI is InChI=1S/C13H29NO3S/c1-15-9-10-17-12-11-16-8-7-14-6-4-3-5-13-18-2/h14H,3-13H2,1-2H3. The maximum atomic E-state index is 5.43. The van der Waals surface area contributed by atoms with Crippen molar-refractivity contribution in [3.63, 3.8) is 0 Å². The van der Waals surface area contributed by atoms with Crippen molar-refractivity contribution in [3.8, 4) is 0 Å². The van der Waals surface area contributed by atoms with E-state index < -0.39 is 0 Å². The monoisotopic (exact) mass is 279 g/mol.